The lowest BCUT2D eigenvalue weighted by Gasteiger charge is -2.10. The number of aromatic nitrogens is 2. The molecule has 3 nitrogen and oxygen atoms in total. The molecule has 0 fully saturated rings. The van der Waals surface area contributed by atoms with Crippen molar-refractivity contribution < 1.29 is 0 Å². The van der Waals surface area contributed by atoms with E-state index in [0.717, 1.165) is 29.4 Å². The van der Waals surface area contributed by atoms with Gasteiger partial charge in [0.2, 0.25) is 0 Å². The van der Waals surface area contributed by atoms with Crippen LogP contribution in [0.2, 0.25) is 10.2 Å². The van der Waals surface area contributed by atoms with Crippen LogP contribution in [-0.4, -0.2) is 16.5 Å². The molecule has 2 aromatic rings. The molecular formula is C14H15Cl2N3. The van der Waals surface area contributed by atoms with Gasteiger partial charge in [-0.3, -0.25) is 0 Å². The van der Waals surface area contributed by atoms with E-state index < -0.39 is 0 Å². The molecule has 1 aromatic heterocycles. The molecule has 0 radical (unpaired) electrons. The van der Waals surface area contributed by atoms with Crippen molar-refractivity contribution in [2.75, 3.05) is 11.9 Å². The van der Waals surface area contributed by atoms with Gasteiger partial charge in [0.1, 0.15) is 16.8 Å². The molecule has 0 aliphatic heterocycles. The fourth-order valence-corrected chi connectivity index (χ4v) is 2.08. The summed E-state index contributed by atoms with van der Waals surface area (Å²) in [6.45, 7) is 4.53. The molecule has 0 saturated carbocycles. The summed E-state index contributed by atoms with van der Waals surface area (Å²) in [5, 5.41) is 4.55. The van der Waals surface area contributed by atoms with Crippen LogP contribution in [-0.2, 0) is 6.42 Å². The minimum absolute atomic E-state index is 0.501. The van der Waals surface area contributed by atoms with Crippen LogP contribution >= 0.6 is 23.2 Å². The number of hydrogen-bond acceptors (Lipinski definition) is 3. The summed E-state index contributed by atoms with van der Waals surface area (Å²) in [5.74, 6) is 1.47. The van der Waals surface area contributed by atoms with Crippen LogP contribution in [0.4, 0.5) is 5.82 Å². The van der Waals surface area contributed by atoms with Crippen molar-refractivity contribution in [2.45, 2.75) is 20.3 Å². The van der Waals surface area contributed by atoms with Gasteiger partial charge in [-0.1, -0.05) is 35.3 Å². The van der Waals surface area contributed by atoms with Crippen LogP contribution < -0.4 is 5.32 Å². The normalized spacial score (nSPS) is 10.5. The molecule has 0 unspecified atom stereocenters. The Kier molecular flexibility index (Phi) is 4.61. The molecule has 2 rings (SSSR count). The largest absolute Gasteiger partial charge is 0.369 e. The van der Waals surface area contributed by atoms with Gasteiger partial charge in [-0.2, -0.15) is 0 Å². The first-order valence-electron chi connectivity index (χ1n) is 6.05. The van der Waals surface area contributed by atoms with Crippen LogP contribution in [0.3, 0.4) is 0 Å². The Morgan fingerprint density at radius 3 is 2.42 bits per heavy atom. The van der Waals surface area contributed by atoms with E-state index in [-0.39, 0.29) is 0 Å². The highest BCUT2D eigenvalue weighted by Gasteiger charge is 2.06. The minimum atomic E-state index is 0.501. The van der Waals surface area contributed by atoms with E-state index in [4.69, 9.17) is 23.2 Å². The number of nitrogens with one attached hydrogen (secondary N) is 1. The summed E-state index contributed by atoms with van der Waals surface area (Å²) in [6.07, 6.45) is 0.900. The molecule has 100 valence electrons. The molecule has 0 spiro atoms. The second-order valence-corrected chi connectivity index (χ2v) is 5.13. The third-order valence-electron chi connectivity index (χ3n) is 2.82. The zero-order valence-electron chi connectivity index (χ0n) is 10.9. The third-order valence-corrected chi connectivity index (χ3v) is 3.44. The maximum atomic E-state index is 6.03. The van der Waals surface area contributed by atoms with E-state index in [1.807, 2.05) is 38.1 Å². The zero-order chi connectivity index (χ0) is 13.8. The number of hydrogen-bond donors (Lipinski definition) is 1. The van der Waals surface area contributed by atoms with Gasteiger partial charge in [-0.15, -0.1) is 0 Å². The maximum absolute atomic E-state index is 6.03. The summed E-state index contributed by atoms with van der Waals surface area (Å²) in [6, 6.07) is 7.84. The van der Waals surface area contributed by atoms with Crippen molar-refractivity contribution >= 4 is 29.0 Å². The fraction of sp³-hybridized carbons (Fsp3) is 0.286. The van der Waals surface area contributed by atoms with E-state index in [0.29, 0.717) is 11.0 Å². The lowest BCUT2D eigenvalue weighted by atomic mass is 10.1. The van der Waals surface area contributed by atoms with Gasteiger partial charge in [-0.25, -0.2) is 9.97 Å². The van der Waals surface area contributed by atoms with E-state index in [1.165, 1.54) is 5.56 Å². The summed E-state index contributed by atoms with van der Waals surface area (Å²) in [7, 11) is 0. The number of rotatable bonds is 4. The molecule has 0 amide bonds. The van der Waals surface area contributed by atoms with Crippen LogP contribution in [0.15, 0.2) is 24.3 Å². The Bertz CT molecular complexity index is 568. The number of aryl methyl sites for hydroxylation is 1. The predicted octanol–water partition coefficient (Wildman–Crippen LogP) is 4.05. The number of benzene rings is 1. The molecule has 0 saturated heterocycles. The molecule has 0 aliphatic rings. The fourth-order valence-electron chi connectivity index (χ4n) is 1.74. The highest BCUT2D eigenvalue weighted by molar-refractivity contribution is 6.30. The van der Waals surface area contributed by atoms with E-state index in [1.54, 1.807) is 0 Å². The van der Waals surface area contributed by atoms with Gasteiger partial charge in [0.15, 0.2) is 0 Å². The highest BCUT2D eigenvalue weighted by atomic mass is 35.5. The smallest absolute Gasteiger partial charge is 0.137 e. The van der Waals surface area contributed by atoms with Crippen LogP contribution in [0.1, 0.15) is 17.0 Å². The van der Waals surface area contributed by atoms with Gasteiger partial charge >= 0.3 is 0 Å². The van der Waals surface area contributed by atoms with Crippen molar-refractivity contribution in [2.24, 2.45) is 0 Å². The Labute approximate surface area is 123 Å². The van der Waals surface area contributed by atoms with Crippen molar-refractivity contribution in [1.29, 1.82) is 0 Å². The molecule has 1 heterocycles. The second kappa shape index (κ2) is 6.22. The molecule has 5 heteroatoms. The van der Waals surface area contributed by atoms with E-state index >= 15 is 0 Å². The highest BCUT2D eigenvalue weighted by Crippen LogP contribution is 2.19. The van der Waals surface area contributed by atoms with Crippen LogP contribution in [0, 0.1) is 13.8 Å². The Hall–Kier alpha value is -1.32. The van der Waals surface area contributed by atoms with Crippen molar-refractivity contribution in [3.8, 4) is 0 Å². The lowest BCUT2D eigenvalue weighted by molar-refractivity contribution is 0.970. The minimum Gasteiger partial charge on any atom is -0.369 e. The monoisotopic (exact) mass is 295 g/mol. The van der Waals surface area contributed by atoms with Gasteiger partial charge in [-0.05, 0) is 38.0 Å². The van der Waals surface area contributed by atoms with Crippen molar-refractivity contribution in [1.82, 2.24) is 9.97 Å². The summed E-state index contributed by atoms with van der Waals surface area (Å²) >= 11 is 11.9. The number of anilines is 1. The predicted molar refractivity (Wildman–Crippen MR) is 80.2 cm³/mol. The van der Waals surface area contributed by atoms with Crippen LogP contribution in [0.25, 0.3) is 0 Å². The lowest BCUT2D eigenvalue weighted by Crippen LogP contribution is -2.09. The summed E-state index contributed by atoms with van der Waals surface area (Å²) in [5.41, 5.74) is 2.11. The first-order chi connectivity index (χ1) is 9.06. The number of nitrogens with zero attached hydrogens (tertiary/aromatic N) is 2. The second-order valence-electron chi connectivity index (χ2n) is 4.34. The average molecular weight is 296 g/mol. The molecule has 0 aliphatic carbocycles. The quantitative estimate of drug-likeness (QED) is 0.865. The maximum Gasteiger partial charge on any atom is 0.137 e. The first kappa shape index (κ1) is 14.1. The Morgan fingerprint density at radius 2 is 1.74 bits per heavy atom. The topological polar surface area (TPSA) is 37.8 Å². The molecule has 1 aromatic carbocycles. The van der Waals surface area contributed by atoms with Crippen molar-refractivity contribution in [3.63, 3.8) is 0 Å². The molecule has 0 atom stereocenters. The summed E-state index contributed by atoms with van der Waals surface area (Å²) < 4.78 is 0. The Balaban J connectivity index is 1.98. The van der Waals surface area contributed by atoms with E-state index in [9.17, 15) is 0 Å². The average Bonchev–Trinajstić information content (AvgIpc) is 2.37. The van der Waals surface area contributed by atoms with Crippen molar-refractivity contribution in [3.05, 3.63) is 51.4 Å². The molecule has 0 bridgehead atoms. The first-order valence-corrected chi connectivity index (χ1v) is 6.81. The third kappa shape index (κ3) is 3.82. The number of halogens is 2. The standard InChI is InChI=1S/C14H15Cl2N3/c1-9-13(16)18-10(2)19-14(9)17-8-7-11-3-5-12(15)6-4-11/h3-6H,7-8H2,1-2H3,(H,17,18,19). The zero-order valence-corrected chi connectivity index (χ0v) is 12.4. The van der Waals surface area contributed by atoms with Crippen LogP contribution in [0.5, 0.6) is 0 Å². The van der Waals surface area contributed by atoms with Gasteiger partial charge in [0.05, 0.1) is 0 Å². The molecular weight excluding hydrogens is 281 g/mol. The Morgan fingerprint density at radius 1 is 1.05 bits per heavy atom. The van der Waals surface area contributed by atoms with Gasteiger partial charge < -0.3 is 5.32 Å². The molecule has 19 heavy (non-hydrogen) atoms. The van der Waals surface area contributed by atoms with E-state index in [2.05, 4.69) is 15.3 Å². The molecule has 1 N–H and O–H groups in total. The summed E-state index contributed by atoms with van der Waals surface area (Å²) in [4.78, 5) is 8.46. The van der Waals surface area contributed by atoms with Gasteiger partial charge in [0.25, 0.3) is 0 Å². The van der Waals surface area contributed by atoms with Gasteiger partial charge in [0, 0.05) is 17.1 Å². The SMILES string of the molecule is Cc1nc(Cl)c(C)c(NCCc2ccc(Cl)cc2)n1.